The fourth-order valence-corrected chi connectivity index (χ4v) is 2.30. The highest BCUT2D eigenvalue weighted by Gasteiger charge is 2.20. The van der Waals surface area contributed by atoms with E-state index >= 15 is 0 Å². The normalized spacial score (nSPS) is 11.0. The van der Waals surface area contributed by atoms with Crippen LogP contribution in [0.5, 0.6) is 0 Å². The Balaban J connectivity index is 2.25. The number of rotatable bonds is 9. The molecule has 10 nitrogen and oxygen atoms in total. The van der Waals surface area contributed by atoms with Crippen molar-refractivity contribution in [1.82, 2.24) is 0 Å². The third kappa shape index (κ3) is 5.59. The van der Waals surface area contributed by atoms with Crippen molar-refractivity contribution in [3.8, 4) is 0 Å². The molecule has 0 bridgehead atoms. The van der Waals surface area contributed by atoms with Crippen LogP contribution in [0, 0.1) is 20.2 Å². The van der Waals surface area contributed by atoms with Crippen LogP contribution in [0.3, 0.4) is 0 Å². The predicted octanol–water partition coefficient (Wildman–Crippen LogP) is 4.10. The zero-order chi connectivity index (χ0) is 20.5. The van der Waals surface area contributed by atoms with Crippen molar-refractivity contribution in [2.75, 3.05) is 10.7 Å². The van der Waals surface area contributed by atoms with Gasteiger partial charge in [-0.15, -0.1) is 0 Å². The number of carbonyl (C=O) groups is 1. The van der Waals surface area contributed by atoms with Crippen LogP contribution >= 0.6 is 0 Å². The topological polar surface area (TPSA) is 140 Å². The number of nitrogens with zero attached hydrogens (tertiary/aromatic N) is 3. The van der Waals surface area contributed by atoms with Gasteiger partial charge in [0.05, 0.1) is 15.9 Å². The summed E-state index contributed by atoms with van der Waals surface area (Å²) in [7, 11) is 0. The molecule has 0 atom stereocenters. The van der Waals surface area contributed by atoms with Gasteiger partial charge in [0.25, 0.3) is 11.6 Å². The first kappa shape index (κ1) is 20.5. The Labute approximate surface area is 160 Å². The predicted molar refractivity (Wildman–Crippen MR) is 105 cm³/mol. The average molecular weight is 385 g/mol. The van der Waals surface area contributed by atoms with Gasteiger partial charge in [-0.3, -0.25) is 30.4 Å². The molecule has 0 fully saturated rings. The van der Waals surface area contributed by atoms with Crippen molar-refractivity contribution in [3.63, 3.8) is 0 Å². The van der Waals surface area contributed by atoms with Gasteiger partial charge in [0.1, 0.15) is 11.4 Å². The highest BCUT2D eigenvalue weighted by molar-refractivity contribution is 6.43. The first-order valence-electron chi connectivity index (χ1n) is 8.54. The fraction of sp³-hybridized carbons (Fsp3) is 0.222. The quantitative estimate of drug-likeness (QED) is 0.378. The smallest absolute Gasteiger partial charge is 0.301 e. The van der Waals surface area contributed by atoms with Gasteiger partial charge in [0, 0.05) is 11.8 Å². The second kappa shape index (κ2) is 9.76. The molecule has 0 saturated heterocycles. The number of unbranched alkanes of at least 4 members (excludes halogenated alkanes) is 1. The maximum atomic E-state index is 12.5. The SMILES string of the molecule is CCCCC(=NNc1ccc([N+](=O)[O-])cc1[N+](=O)[O-])C(=O)Nc1ccccc1. The molecule has 1 amide bonds. The van der Waals surface area contributed by atoms with Crippen LogP contribution in [0.15, 0.2) is 53.6 Å². The molecular formula is C18H19N5O5. The van der Waals surface area contributed by atoms with Crippen molar-refractivity contribution in [2.45, 2.75) is 26.2 Å². The van der Waals surface area contributed by atoms with Crippen LogP contribution < -0.4 is 10.7 Å². The molecule has 0 radical (unpaired) electrons. The van der Waals surface area contributed by atoms with Crippen LogP contribution in [0.25, 0.3) is 0 Å². The van der Waals surface area contributed by atoms with Crippen LogP contribution in [0.1, 0.15) is 26.2 Å². The molecule has 2 N–H and O–H groups in total. The summed E-state index contributed by atoms with van der Waals surface area (Å²) in [5.41, 5.74) is 2.30. The molecule has 146 valence electrons. The van der Waals surface area contributed by atoms with Crippen molar-refractivity contribution in [2.24, 2.45) is 5.10 Å². The average Bonchev–Trinajstić information content (AvgIpc) is 2.68. The van der Waals surface area contributed by atoms with Crippen LogP contribution in [0.4, 0.5) is 22.7 Å². The number of para-hydroxylation sites is 1. The number of hydrazone groups is 1. The monoisotopic (exact) mass is 385 g/mol. The van der Waals surface area contributed by atoms with Gasteiger partial charge in [0.15, 0.2) is 0 Å². The Morgan fingerprint density at radius 1 is 1.07 bits per heavy atom. The van der Waals surface area contributed by atoms with E-state index in [0.29, 0.717) is 18.5 Å². The fourth-order valence-electron chi connectivity index (χ4n) is 2.30. The number of benzene rings is 2. The third-order valence-electron chi connectivity index (χ3n) is 3.76. The van der Waals surface area contributed by atoms with Crippen molar-refractivity contribution < 1.29 is 14.6 Å². The molecule has 2 rings (SSSR count). The van der Waals surface area contributed by atoms with E-state index in [2.05, 4.69) is 15.8 Å². The first-order valence-corrected chi connectivity index (χ1v) is 8.54. The molecule has 0 spiro atoms. The third-order valence-corrected chi connectivity index (χ3v) is 3.76. The number of nitro benzene ring substituents is 2. The molecule has 0 aromatic heterocycles. The second-order valence-corrected chi connectivity index (χ2v) is 5.81. The zero-order valence-electron chi connectivity index (χ0n) is 15.1. The maximum Gasteiger partial charge on any atom is 0.301 e. The summed E-state index contributed by atoms with van der Waals surface area (Å²) in [4.78, 5) is 33.0. The molecule has 10 heteroatoms. The highest BCUT2D eigenvalue weighted by Crippen LogP contribution is 2.29. The standard InChI is InChI=1S/C18H19N5O5/c1-2-3-9-16(18(24)19-13-7-5-4-6-8-13)21-20-15-11-10-14(22(25)26)12-17(15)23(27)28/h4-8,10-12,20H,2-3,9H2,1H3,(H,19,24). The summed E-state index contributed by atoms with van der Waals surface area (Å²) in [6.45, 7) is 1.96. The van der Waals surface area contributed by atoms with Gasteiger partial charge in [-0.2, -0.15) is 5.10 Å². The Hall–Kier alpha value is -3.82. The lowest BCUT2D eigenvalue weighted by Gasteiger charge is -2.09. The number of nitrogens with one attached hydrogen (secondary N) is 2. The minimum Gasteiger partial charge on any atom is -0.321 e. The summed E-state index contributed by atoms with van der Waals surface area (Å²) in [5, 5.41) is 28.8. The van der Waals surface area contributed by atoms with Gasteiger partial charge >= 0.3 is 5.69 Å². The number of amides is 1. The number of anilines is 2. The number of non-ortho nitro benzene ring substituents is 1. The number of nitro groups is 2. The largest absolute Gasteiger partial charge is 0.321 e. The van der Waals surface area contributed by atoms with E-state index in [1.165, 1.54) is 6.07 Å². The van der Waals surface area contributed by atoms with Gasteiger partial charge < -0.3 is 5.32 Å². The van der Waals surface area contributed by atoms with E-state index in [1.54, 1.807) is 24.3 Å². The minimum absolute atomic E-state index is 0.0443. The lowest BCUT2D eigenvalue weighted by atomic mass is 10.1. The summed E-state index contributed by atoms with van der Waals surface area (Å²) >= 11 is 0. The summed E-state index contributed by atoms with van der Waals surface area (Å²) in [5.74, 6) is -0.434. The Morgan fingerprint density at radius 2 is 1.79 bits per heavy atom. The second-order valence-electron chi connectivity index (χ2n) is 5.81. The minimum atomic E-state index is -0.749. The van der Waals surface area contributed by atoms with E-state index in [4.69, 9.17) is 0 Å². The lowest BCUT2D eigenvalue weighted by Crippen LogP contribution is -2.24. The molecule has 0 unspecified atom stereocenters. The van der Waals surface area contributed by atoms with Gasteiger partial charge in [-0.05, 0) is 31.0 Å². The highest BCUT2D eigenvalue weighted by atomic mass is 16.6. The van der Waals surface area contributed by atoms with E-state index in [9.17, 15) is 25.0 Å². The number of hydrogen-bond donors (Lipinski definition) is 2. The molecule has 2 aromatic carbocycles. The molecule has 28 heavy (non-hydrogen) atoms. The Bertz CT molecular complexity index is 898. The number of carbonyl (C=O) groups excluding carboxylic acids is 1. The number of hydrogen-bond acceptors (Lipinski definition) is 7. The molecule has 0 aliphatic heterocycles. The molecule has 0 heterocycles. The van der Waals surface area contributed by atoms with E-state index < -0.39 is 27.1 Å². The summed E-state index contributed by atoms with van der Waals surface area (Å²) in [6.07, 6.45) is 1.89. The maximum absolute atomic E-state index is 12.5. The molecule has 2 aromatic rings. The van der Waals surface area contributed by atoms with Crippen LogP contribution in [-0.4, -0.2) is 21.5 Å². The Morgan fingerprint density at radius 3 is 2.39 bits per heavy atom. The van der Waals surface area contributed by atoms with E-state index in [-0.39, 0.29) is 11.4 Å². The van der Waals surface area contributed by atoms with Crippen LogP contribution in [0.2, 0.25) is 0 Å². The molecule has 0 saturated carbocycles. The van der Waals surface area contributed by atoms with Gasteiger partial charge in [0.2, 0.25) is 0 Å². The van der Waals surface area contributed by atoms with Gasteiger partial charge in [-0.1, -0.05) is 31.5 Å². The summed E-state index contributed by atoms with van der Waals surface area (Å²) in [6, 6.07) is 12.0. The molecule has 0 aliphatic carbocycles. The van der Waals surface area contributed by atoms with Crippen molar-refractivity contribution in [1.29, 1.82) is 0 Å². The zero-order valence-corrected chi connectivity index (χ0v) is 15.1. The van der Waals surface area contributed by atoms with Crippen LogP contribution in [-0.2, 0) is 4.79 Å². The van der Waals surface area contributed by atoms with E-state index in [0.717, 1.165) is 18.6 Å². The lowest BCUT2D eigenvalue weighted by molar-refractivity contribution is -0.393. The molecule has 0 aliphatic rings. The molecular weight excluding hydrogens is 366 g/mol. The van der Waals surface area contributed by atoms with Crippen molar-refractivity contribution >= 4 is 34.4 Å². The van der Waals surface area contributed by atoms with Gasteiger partial charge in [-0.25, -0.2) is 0 Å². The summed E-state index contributed by atoms with van der Waals surface area (Å²) < 4.78 is 0. The van der Waals surface area contributed by atoms with E-state index in [1.807, 2.05) is 13.0 Å². The van der Waals surface area contributed by atoms with Crippen molar-refractivity contribution in [3.05, 3.63) is 68.8 Å². The Kier molecular flexibility index (Phi) is 7.14. The first-order chi connectivity index (χ1) is 13.4.